The average molecular weight is 495 g/mol. The number of halogens is 3. The minimum atomic E-state index is -4.69. The SMILES string of the molecule is CC1CCCC(N(CC2CCC(C(=N)OC(N)C(F)(F)F)CC2)C(=O)N2CC[S+]([O-])CC2)C1. The lowest BCUT2D eigenvalue weighted by atomic mass is 9.80. The topological polar surface area (TPSA) is 106 Å². The predicted octanol–water partition coefficient (Wildman–Crippen LogP) is 3.70. The largest absolute Gasteiger partial charge is 0.616 e. The molecule has 0 bridgehead atoms. The Morgan fingerprint density at radius 3 is 2.42 bits per heavy atom. The number of alkyl halides is 3. The smallest absolute Gasteiger partial charge is 0.439 e. The normalized spacial score (nSPS) is 30.5. The molecule has 33 heavy (non-hydrogen) atoms. The van der Waals surface area contributed by atoms with Crippen molar-refractivity contribution in [2.75, 3.05) is 31.1 Å². The number of hydrogen-bond donors (Lipinski definition) is 2. The first-order valence-electron chi connectivity index (χ1n) is 12.0. The van der Waals surface area contributed by atoms with E-state index in [1.54, 1.807) is 0 Å². The van der Waals surface area contributed by atoms with Gasteiger partial charge in [-0.25, -0.2) is 4.79 Å². The summed E-state index contributed by atoms with van der Waals surface area (Å²) in [6.07, 6.45) is -0.352. The van der Waals surface area contributed by atoms with E-state index < -0.39 is 29.5 Å². The molecular formula is C22H37F3N4O3S. The Morgan fingerprint density at radius 2 is 1.85 bits per heavy atom. The van der Waals surface area contributed by atoms with Crippen LogP contribution in [0, 0.1) is 23.2 Å². The van der Waals surface area contributed by atoms with E-state index in [1.807, 2.05) is 9.80 Å². The van der Waals surface area contributed by atoms with Crippen molar-refractivity contribution in [3.05, 3.63) is 0 Å². The van der Waals surface area contributed by atoms with Gasteiger partial charge in [0.1, 0.15) is 11.5 Å². The highest BCUT2D eigenvalue weighted by atomic mass is 32.2. The fraction of sp³-hybridized carbons (Fsp3) is 0.909. The highest BCUT2D eigenvalue weighted by Crippen LogP contribution is 2.34. The Kier molecular flexibility index (Phi) is 9.19. The van der Waals surface area contributed by atoms with Crippen molar-refractivity contribution in [3.63, 3.8) is 0 Å². The summed E-state index contributed by atoms with van der Waals surface area (Å²) in [5, 5.41) is 7.90. The Bertz CT molecular complexity index is 668. The Balaban J connectivity index is 1.58. The van der Waals surface area contributed by atoms with Crippen LogP contribution in [0.5, 0.6) is 0 Å². The van der Waals surface area contributed by atoms with Crippen molar-refractivity contribution < 1.29 is 27.3 Å². The lowest BCUT2D eigenvalue weighted by Gasteiger charge is -2.42. The molecule has 3 N–H and O–H groups in total. The summed E-state index contributed by atoms with van der Waals surface area (Å²) < 4.78 is 54.3. The van der Waals surface area contributed by atoms with Gasteiger partial charge in [0.2, 0.25) is 6.23 Å². The van der Waals surface area contributed by atoms with Gasteiger partial charge in [-0.05, 0) is 50.4 Å². The molecule has 7 nitrogen and oxygen atoms in total. The van der Waals surface area contributed by atoms with Gasteiger partial charge in [0.25, 0.3) is 0 Å². The number of nitrogens with zero attached hydrogens (tertiary/aromatic N) is 2. The lowest BCUT2D eigenvalue weighted by Crippen LogP contribution is -2.54. The number of rotatable bonds is 5. The molecule has 3 aliphatic rings. The number of urea groups is 1. The fourth-order valence-electron chi connectivity index (χ4n) is 5.26. The molecule has 1 aliphatic heterocycles. The Hall–Kier alpha value is -1.20. The van der Waals surface area contributed by atoms with E-state index in [1.165, 1.54) is 6.42 Å². The van der Waals surface area contributed by atoms with Crippen LogP contribution in [0.2, 0.25) is 0 Å². The van der Waals surface area contributed by atoms with Gasteiger partial charge in [0.05, 0.1) is 13.1 Å². The molecular weight excluding hydrogens is 457 g/mol. The summed E-state index contributed by atoms with van der Waals surface area (Å²) in [5.41, 5.74) is 5.00. The third-order valence-corrected chi connectivity index (χ3v) is 8.57. The van der Waals surface area contributed by atoms with Gasteiger partial charge in [-0.2, -0.15) is 13.2 Å². The molecule has 3 fully saturated rings. The number of ether oxygens (including phenoxy) is 1. The third-order valence-electron chi connectivity index (χ3n) is 7.29. The number of carbonyl (C=O) groups is 1. The maximum absolute atomic E-state index is 13.5. The standard InChI is InChI=1S/C22H37F3N4O3S/c1-15-3-2-4-18(13-15)29(21(30)28-9-11-33(31)12-10-28)14-16-5-7-17(8-6-16)19(26)32-20(27)22(23,24)25/h15-18,20,26H,2-14,27H2,1H3. The lowest BCUT2D eigenvalue weighted by molar-refractivity contribution is -0.198. The van der Waals surface area contributed by atoms with Crippen molar-refractivity contribution in [2.24, 2.45) is 23.5 Å². The molecule has 1 saturated heterocycles. The highest BCUT2D eigenvalue weighted by Gasteiger charge is 2.41. The van der Waals surface area contributed by atoms with E-state index in [2.05, 4.69) is 11.7 Å². The molecule has 0 aromatic rings. The van der Waals surface area contributed by atoms with Crippen LogP contribution in [-0.4, -0.2) is 75.9 Å². The van der Waals surface area contributed by atoms with Gasteiger partial charge >= 0.3 is 12.2 Å². The molecule has 3 rings (SSSR count). The van der Waals surface area contributed by atoms with Crippen LogP contribution >= 0.6 is 0 Å². The molecule has 11 heteroatoms. The molecule has 2 amide bonds. The summed E-state index contributed by atoms with van der Waals surface area (Å²) in [7, 11) is 0. The third kappa shape index (κ3) is 7.39. The first-order valence-corrected chi connectivity index (χ1v) is 13.5. The second-order valence-corrected chi connectivity index (χ2v) is 11.6. The Labute approximate surface area is 197 Å². The quantitative estimate of drug-likeness (QED) is 0.263. The van der Waals surface area contributed by atoms with Crippen LogP contribution in [-0.2, 0) is 15.9 Å². The van der Waals surface area contributed by atoms with E-state index in [0.717, 1.165) is 32.1 Å². The Morgan fingerprint density at radius 1 is 1.21 bits per heavy atom. The maximum Gasteiger partial charge on any atom is 0.439 e. The number of nitrogens with one attached hydrogen (secondary N) is 1. The van der Waals surface area contributed by atoms with Gasteiger partial charge in [0.15, 0.2) is 5.90 Å². The second kappa shape index (κ2) is 11.5. The second-order valence-electron chi connectivity index (χ2n) is 9.86. The number of nitrogens with two attached hydrogens (primary N) is 1. The van der Waals surface area contributed by atoms with Crippen LogP contribution in [0.3, 0.4) is 0 Å². The molecule has 0 radical (unpaired) electrons. The molecule has 2 aliphatic carbocycles. The van der Waals surface area contributed by atoms with Crippen LogP contribution in [0.1, 0.15) is 58.3 Å². The van der Waals surface area contributed by atoms with Crippen molar-refractivity contribution in [1.29, 1.82) is 5.41 Å². The average Bonchev–Trinajstić information content (AvgIpc) is 2.77. The van der Waals surface area contributed by atoms with Gasteiger partial charge in [-0.1, -0.05) is 30.9 Å². The van der Waals surface area contributed by atoms with Gasteiger partial charge in [-0.3, -0.25) is 11.1 Å². The van der Waals surface area contributed by atoms with Gasteiger partial charge < -0.3 is 19.1 Å². The number of hydrogen-bond acceptors (Lipinski definition) is 5. The van der Waals surface area contributed by atoms with Gasteiger partial charge in [-0.15, -0.1) is 0 Å². The zero-order valence-corrected chi connectivity index (χ0v) is 20.1. The van der Waals surface area contributed by atoms with E-state index in [-0.39, 0.29) is 23.9 Å². The minimum absolute atomic E-state index is 0.0279. The maximum atomic E-state index is 13.5. The fourth-order valence-corrected chi connectivity index (χ4v) is 6.32. The first kappa shape index (κ1) is 26.4. The molecule has 0 spiro atoms. The summed E-state index contributed by atoms with van der Waals surface area (Å²) in [6, 6.07) is 0.220. The molecule has 0 aromatic carbocycles. The zero-order valence-electron chi connectivity index (χ0n) is 19.3. The molecule has 190 valence electrons. The summed E-state index contributed by atoms with van der Waals surface area (Å²) in [5.74, 6) is 1.09. The van der Waals surface area contributed by atoms with Crippen LogP contribution in [0.4, 0.5) is 18.0 Å². The van der Waals surface area contributed by atoms with Crippen molar-refractivity contribution in [1.82, 2.24) is 9.80 Å². The van der Waals surface area contributed by atoms with Crippen molar-refractivity contribution in [3.8, 4) is 0 Å². The van der Waals surface area contributed by atoms with E-state index in [4.69, 9.17) is 11.1 Å². The van der Waals surface area contributed by atoms with E-state index in [0.29, 0.717) is 49.9 Å². The zero-order chi connectivity index (χ0) is 24.2. The molecule has 1 heterocycles. The summed E-state index contributed by atoms with van der Waals surface area (Å²) >= 11 is -0.850. The van der Waals surface area contributed by atoms with Crippen LogP contribution in [0.15, 0.2) is 0 Å². The van der Waals surface area contributed by atoms with E-state index >= 15 is 0 Å². The van der Waals surface area contributed by atoms with E-state index in [9.17, 15) is 22.5 Å². The minimum Gasteiger partial charge on any atom is -0.616 e. The number of amides is 2. The van der Waals surface area contributed by atoms with Crippen molar-refractivity contribution >= 4 is 23.1 Å². The molecule has 0 aromatic heterocycles. The monoisotopic (exact) mass is 494 g/mol. The molecule has 3 atom stereocenters. The summed E-state index contributed by atoms with van der Waals surface area (Å²) in [4.78, 5) is 17.3. The van der Waals surface area contributed by atoms with Crippen molar-refractivity contribution in [2.45, 2.75) is 76.7 Å². The van der Waals surface area contributed by atoms with Crippen LogP contribution < -0.4 is 5.73 Å². The molecule has 3 unspecified atom stereocenters. The van der Waals surface area contributed by atoms with Crippen LogP contribution in [0.25, 0.3) is 0 Å². The number of carbonyl (C=O) groups excluding carboxylic acids is 1. The van der Waals surface area contributed by atoms with Gasteiger partial charge in [0, 0.05) is 18.5 Å². The molecule has 2 saturated carbocycles. The first-order chi connectivity index (χ1) is 15.5. The highest BCUT2D eigenvalue weighted by molar-refractivity contribution is 7.91. The predicted molar refractivity (Wildman–Crippen MR) is 121 cm³/mol. The summed E-state index contributed by atoms with van der Waals surface area (Å²) in [6.45, 7) is 3.88.